The van der Waals surface area contributed by atoms with Gasteiger partial charge in [0.1, 0.15) is 11.2 Å². The zero-order valence-electron chi connectivity index (χ0n) is 21.0. The standard InChI is InChI=1S/C36H23NOS/c1-3-11-24(12-4-1)27-21-22-31(35-30-16-7-9-17-32(30)38-36(27)35)37(25-13-5-2-6-14-25)26-19-20-29-28-15-8-10-18-33(28)39-34(29)23-26/h1-23H. The third-order valence-corrected chi connectivity index (χ3v) is 8.60. The fourth-order valence-corrected chi connectivity index (χ4v) is 6.84. The van der Waals surface area contributed by atoms with E-state index in [0.29, 0.717) is 0 Å². The van der Waals surface area contributed by atoms with Crippen LogP contribution in [0.2, 0.25) is 0 Å². The van der Waals surface area contributed by atoms with Crippen LogP contribution in [-0.2, 0) is 0 Å². The molecule has 39 heavy (non-hydrogen) atoms. The largest absolute Gasteiger partial charge is 0.455 e. The second-order valence-corrected chi connectivity index (χ2v) is 10.8. The molecule has 2 nitrogen and oxygen atoms in total. The second-order valence-electron chi connectivity index (χ2n) is 9.75. The molecule has 8 rings (SSSR count). The molecule has 0 aliphatic carbocycles. The summed E-state index contributed by atoms with van der Waals surface area (Å²) in [6, 6.07) is 49.4. The van der Waals surface area contributed by atoms with E-state index < -0.39 is 0 Å². The molecule has 0 aliphatic rings. The lowest BCUT2D eigenvalue weighted by Crippen LogP contribution is -2.10. The van der Waals surface area contributed by atoms with E-state index in [1.165, 1.54) is 20.2 Å². The van der Waals surface area contributed by atoms with Crippen LogP contribution in [0.5, 0.6) is 0 Å². The van der Waals surface area contributed by atoms with Crippen LogP contribution in [-0.4, -0.2) is 0 Å². The number of hydrogen-bond donors (Lipinski definition) is 0. The molecule has 0 atom stereocenters. The number of anilines is 3. The first-order valence-electron chi connectivity index (χ1n) is 13.1. The maximum Gasteiger partial charge on any atom is 0.145 e. The Morgan fingerprint density at radius 2 is 1.21 bits per heavy atom. The normalized spacial score (nSPS) is 11.6. The minimum Gasteiger partial charge on any atom is -0.455 e. The molecule has 0 saturated carbocycles. The van der Waals surface area contributed by atoms with Crippen molar-refractivity contribution in [2.24, 2.45) is 0 Å². The molecule has 0 radical (unpaired) electrons. The van der Waals surface area contributed by atoms with Crippen LogP contribution >= 0.6 is 11.3 Å². The van der Waals surface area contributed by atoms with Crippen LogP contribution < -0.4 is 4.90 Å². The average Bonchev–Trinajstić information content (AvgIpc) is 3.57. The molecule has 0 amide bonds. The van der Waals surface area contributed by atoms with Gasteiger partial charge in [0, 0.05) is 42.5 Å². The number of para-hydroxylation sites is 2. The molecule has 0 N–H and O–H groups in total. The molecule has 0 bridgehead atoms. The fraction of sp³-hybridized carbons (Fsp3) is 0. The lowest BCUT2D eigenvalue weighted by molar-refractivity contribution is 0.670. The maximum absolute atomic E-state index is 6.59. The van der Waals surface area contributed by atoms with Crippen LogP contribution in [0.15, 0.2) is 144 Å². The highest BCUT2D eigenvalue weighted by Crippen LogP contribution is 2.47. The molecule has 6 aromatic carbocycles. The van der Waals surface area contributed by atoms with Crippen molar-refractivity contribution in [1.29, 1.82) is 0 Å². The van der Waals surface area contributed by atoms with Crippen molar-refractivity contribution >= 4 is 70.5 Å². The summed E-state index contributed by atoms with van der Waals surface area (Å²) in [6.07, 6.45) is 0. The third-order valence-electron chi connectivity index (χ3n) is 7.46. The molecule has 0 spiro atoms. The summed E-state index contributed by atoms with van der Waals surface area (Å²) in [5, 5.41) is 4.84. The van der Waals surface area contributed by atoms with Gasteiger partial charge in [-0.05, 0) is 54.1 Å². The number of nitrogens with zero attached hydrogens (tertiary/aromatic N) is 1. The molecular formula is C36H23NOS. The van der Waals surface area contributed by atoms with Gasteiger partial charge in [-0.25, -0.2) is 0 Å². The lowest BCUT2D eigenvalue weighted by atomic mass is 10.00. The van der Waals surface area contributed by atoms with Crippen molar-refractivity contribution < 1.29 is 4.42 Å². The Morgan fingerprint density at radius 1 is 0.513 bits per heavy atom. The Kier molecular flexibility index (Phi) is 5.04. The molecule has 3 heteroatoms. The molecule has 0 fully saturated rings. The molecule has 8 aromatic rings. The fourth-order valence-electron chi connectivity index (χ4n) is 5.70. The van der Waals surface area contributed by atoms with Crippen molar-refractivity contribution in [2.45, 2.75) is 0 Å². The zero-order valence-corrected chi connectivity index (χ0v) is 21.9. The van der Waals surface area contributed by atoms with E-state index in [2.05, 4.69) is 138 Å². The minimum absolute atomic E-state index is 0.894. The molecule has 0 unspecified atom stereocenters. The van der Waals surface area contributed by atoms with E-state index in [0.717, 1.165) is 50.1 Å². The third kappa shape index (κ3) is 3.55. The summed E-state index contributed by atoms with van der Waals surface area (Å²) in [6.45, 7) is 0. The monoisotopic (exact) mass is 517 g/mol. The van der Waals surface area contributed by atoms with Crippen LogP contribution in [0.25, 0.3) is 53.2 Å². The van der Waals surface area contributed by atoms with Crippen molar-refractivity contribution in [1.82, 2.24) is 0 Å². The summed E-state index contributed by atoms with van der Waals surface area (Å²) >= 11 is 1.85. The van der Waals surface area contributed by atoms with Gasteiger partial charge in [0.2, 0.25) is 0 Å². The molecule has 2 aromatic heterocycles. The minimum atomic E-state index is 0.894. The van der Waals surface area contributed by atoms with Crippen LogP contribution in [0.1, 0.15) is 0 Å². The number of hydrogen-bond acceptors (Lipinski definition) is 3. The molecule has 2 heterocycles. The van der Waals surface area contributed by atoms with Gasteiger partial charge in [0.25, 0.3) is 0 Å². The number of fused-ring (bicyclic) bond motifs is 6. The van der Waals surface area contributed by atoms with E-state index in [4.69, 9.17) is 4.42 Å². The van der Waals surface area contributed by atoms with E-state index in [1.54, 1.807) is 0 Å². The van der Waals surface area contributed by atoms with Gasteiger partial charge in [-0.1, -0.05) is 91.0 Å². The number of thiophene rings is 1. The Balaban J connectivity index is 1.43. The quantitative estimate of drug-likeness (QED) is 0.231. The first-order chi connectivity index (χ1) is 19.3. The topological polar surface area (TPSA) is 16.4 Å². The van der Waals surface area contributed by atoms with E-state index >= 15 is 0 Å². The highest BCUT2D eigenvalue weighted by Gasteiger charge is 2.22. The number of furan rings is 1. The molecular weight excluding hydrogens is 494 g/mol. The predicted molar refractivity (Wildman–Crippen MR) is 167 cm³/mol. The maximum atomic E-state index is 6.59. The molecule has 0 saturated heterocycles. The van der Waals surface area contributed by atoms with Gasteiger partial charge < -0.3 is 9.32 Å². The Bertz CT molecular complexity index is 2120. The summed E-state index contributed by atoms with van der Waals surface area (Å²) in [5.41, 5.74) is 7.37. The van der Waals surface area contributed by atoms with Crippen LogP contribution in [0, 0.1) is 0 Å². The summed E-state index contributed by atoms with van der Waals surface area (Å²) in [7, 11) is 0. The van der Waals surface area contributed by atoms with Gasteiger partial charge in [-0.2, -0.15) is 0 Å². The van der Waals surface area contributed by atoms with Crippen molar-refractivity contribution in [2.75, 3.05) is 4.90 Å². The molecule has 184 valence electrons. The molecule has 0 aliphatic heterocycles. The number of rotatable bonds is 4. The van der Waals surface area contributed by atoms with Crippen molar-refractivity contribution in [3.05, 3.63) is 140 Å². The lowest BCUT2D eigenvalue weighted by Gasteiger charge is -2.26. The smallest absolute Gasteiger partial charge is 0.145 e. The van der Waals surface area contributed by atoms with Crippen molar-refractivity contribution in [3.8, 4) is 11.1 Å². The first-order valence-corrected chi connectivity index (χ1v) is 13.9. The Hall–Kier alpha value is -4.86. The van der Waals surface area contributed by atoms with Crippen LogP contribution in [0.3, 0.4) is 0 Å². The van der Waals surface area contributed by atoms with Gasteiger partial charge in [0.15, 0.2) is 0 Å². The summed E-state index contributed by atoms with van der Waals surface area (Å²) in [5.74, 6) is 0. The number of benzene rings is 6. The average molecular weight is 518 g/mol. The Labute approximate surface area is 230 Å². The van der Waals surface area contributed by atoms with E-state index in [1.807, 2.05) is 17.4 Å². The Morgan fingerprint density at radius 3 is 2.05 bits per heavy atom. The van der Waals surface area contributed by atoms with Gasteiger partial charge in [-0.3, -0.25) is 0 Å². The summed E-state index contributed by atoms with van der Waals surface area (Å²) < 4.78 is 9.18. The second kappa shape index (κ2) is 8.87. The van der Waals surface area contributed by atoms with Crippen molar-refractivity contribution in [3.63, 3.8) is 0 Å². The zero-order chi connectivity index (χ0) is 25.8. The summed E-state index contributed by atoms with van der Waals surface area (Å²) in [4.78, 5) is 2.36. The van der Waals surface area contributed by atoms with E-state index in [9.17, 15) is 0 Å². The first kappa shape index (κ1) is 22.2. The SMILES string of the molecule is c1ccc(-c2ccc(N(c3ccccc3)c3ccc4c(c3)sc3ccccc34)c3c2oc2ccccc23)cc1. The van der Waals surface area contributed by atoms with Gasteiger partial charge in [-0.15, -0.1) is 11.3 Å². The van der Waals surface area contributed by atoms with Crippen LogP contribution in [0.4, 0.5) is 17.1 Å². The highest BCUT2D eigenvalue weighted by molar-refractivity contribution is 7.25. The van der Waals surface area contributed by atoms with E-state index in [-0.39, 0.29) is 0 Å². The predicted octanol–water partition coefficient (Wildman–Crippen LogP) is 11.1. The van der Waals surface area contributed by atoms with Gasteiger partial charge >= 0.3 is 0 Å². The highest BCUT2D eigenvalue weighted by atomic mass is 32.1. The van der Waals surface area contributed by atoms with Gasteiger partial charge in [0.05, 0.1) is 11.1 Å².